The van der Waals surface area contributed by atoms with Gasteiger partial charge in [-0.1, -0.05) is 23.3 Å². The summed E-state index contributed by atoms with van der Waals surface area (Å²) < 4.78 is 16.8. The SMILES string of the molecule is CCOC(Cc1ccc(OCCc2nc(-c3cc(C)cc(C)c3)sc2C)c(OC)c1)C(=O)O. The first-order valence-electron chi connectivity index (χ1n) is 11.0. The number of aryl methyl sites for hydroxylation is 3. The van der Waals surface area contributed by atoms with Crippen molar-refractivity contribution in [2.45, 2.75) is 46.6 Å². The van der Waals surface area contributed by atoms with Gasteiger partial charge in [0.1, 0.15) is 5.01 Å². The van der Waals surface area contributed by atoms with Gasteiger partial charge in [-0.3, -0.25) is 0 Å². The standard InChI is InChI=1S/C26H31NO5S/c1-6-31-24(26(28)29)15-19-7-8-22(23(14-19)30-5)32-10-9-21-18(4)33-25(27-21)20-12-16(2)11-17(3)13-20/h7-8,11-14,24H,6,9-10,15H2,1-5H3,(H,28,29). The molecule has 176 valence electrons. The number of methoxy groups -OCH3 is 1. The zero-order valence-corrected chi connectivity index (χ0v) is 20.6. The minimum Gasteiger partial charge on any atom is -0.493 e. The van der Waals surface area contributed by atoms with E-state index in [0.717, 1.165) is 21.8 Å². The second-order valence-electron chi connectivity index (χ2n) is 7.97. The van der Waals surface area contributed by atoms with Gasteiger partial charge in [0, 0.05) is 29.9 Å². The Labute approximate surface area is 199 Å². The van der Waals surface area contributed by atoms with E-state index in [9.17, 15) is 9.90 Å². The number of aliphatic carboxylic acids is 1. The van der Waals surface area contributed by atoms with Gasteiger partial charge in [0.05, 0.1) is 19.4 Å². The Morgan fingerprint density at radius 1 is 1.09 bits per heavy atom. The van der Waals surface area contributed by atoms with Gasteiger partial charge in [0.25, 0.3) is 0 Å². The number of thiazole rings is 1. The number of ether oxygens (including phenoxy) is 3. The van der Waals surface area contributed by atoms with Crippen LogP contribution in [0.1, 0.15) is 34.2 Å². The number of rotatable bonds is 11. The van der Waals surface area contributed by atoms with Crippen molar-refractivity contribution < 1.29 is 24.1 Å². The Balaban J connectivity index is 1.65. The Bertz CT molecular complexity index is 1090. The van der Waals surface area contributed by atoms with Crippen molar-refractivity contribution in [2.75, 3.05) is 20.3 Å². The first-order valence-corrected chi connectivity index (χ1v) is 11.8. The number of carbonyl (C=O) groups is 1. The Hall–Kier alpha value is -2.90. The molecule has 0 aliphatic heterocycles. The maximum atomic E-state index is 11.4. The fourth-order valence-corrected chi connectivity index (χ4v) is 4.68. The third-order valence-electron chi connectivity index (χ3n) is 5.25. The predicted octanol–water partition coefficient (Wildman–Crippen LogP) is 5.40. The van der Waals surface area contributed by atoms with Crippen LogP contribution in [0.25, 0.3) is 10.6 Å². The van der Waals surface area contributed by atoms with Crippen LogP contribution in [0.4, 0.5) is 0 Å². The molecule has 0 bridgehead atoms. The summed E-state index contributed by atoms with van der Waals surface area (Å²) in [6.45, 7) is 8.88. The Kier molecular flexibility index (Phi) is 8.47. The molecule has 6 nitrogen and oxygen atoms in total. The van der Waals surface area contributed by atoms with Crippen LogP contribution in [0.3, 0.4) is 0 Å². The summed E-state index contributed by atoms with van der Waals surface area (Å²) in [4.78, 5) is 17.4. The minimum atomic E-state index is -0.977. The third kappa shape index (κ3) is 6.55. The molecule has 33 heavy (non-hydrogen) atoms. The van der Waals surface area contributed by atoms with Crippen LogP contribution in [-0.4, -0.2) is 42.5 Å². The highest BCUT2D eigenvalue weighted by Gasteiger charge is 2.19. The average Bonchev–Trinajstić information content (AvgIpc) is 3.14. The second-order valence-corrected chi connectivity index (χ2v) is 9.17. The molecule has 0 spiro atoms. The van der Waals surface area contributed by atoms with Gasteiger partial charge < -0.3 is 19.3 Å². The molecule has 0 fully saturated rings. The maximum Gasteiger partial charge on any atom is 0.333 e. The number of hydrogen-bond acceptors (Lipinski definition) is 6. The highest BCUT2D eigenvalue weighted by atomic mass is 32.1. The second kappa shape index (κ2) is 11.3. The molecule has 3 aromatic rings. The van der Waals surface area contributed by atoms with E-state index in [0.29, 0.717) is 31.1 Å². The largest absolute Gasteiger partial charge is 0.493 e. The van der Waals surface area contributed by atoms with Crippen LogP contribution in [0.5, 0.6) is 11.5 Å². The van der Waals surface area contributed by atoms with Gasteiger partial charge in [0.2, 0.25) is 0 Å². The van der Waals surface area contributed by atoms with Crippen molar-refractivity contribution in [2.24, 2.45) is 0 Å². The first kappa shape index (κ1) is 24.7. The Morgan fingerprint density at radius 3 is 2.45 bits per heavy atom. The van der Waals surface area contributed by atoms with E-state index < -0.39 is 12.1 Å². The molecular formula is C26H31NO5S. The minimum absolute atomic E-state index is 0.263. The fourth-order valence-electron chi connectivity index (χ4n) is 3.73. The van der Waals surface area contributed by atoms with Crippen LogP contribution >= 0.6 is 11.3 Å². The van der Waals surface area contributed by atoms with E-state index in [4.69, 9.17) is 19.2 Å². The van der Waals surface area contributed by atoms with Crippen LogP contribution in [-0.2, 0) is 22.4 Å². The third-order valence-corrected chi connectivity index (χ3v) is 6.31. The molecule has 1 unspecified atom stereocenters. The summed E-state index contributed by atoms with van der Waals surface area (Å²) in [6.07, 6.45) is 0.0631. The smallest absolute Gasteiger partial charge is 0.333 e. The lowest BCUT2D eigenvalue weighted by Gasteiger charge is -2.15. The number of benzene rings is 2. The van der Waals surface area contributed by atoms with E-state index >= 15 is 0 Å². The summed E-state index contributed by atoms with van der Waals surface area (Å²) in [5.74, 6) is 0.209. The molecule has 1 aromatic heterocycles. The topological polar surface area (TPSA) is 77.9 Å². The summed E-state index contributed by atoms with van der Waals surface area (Å²) in [6, 6.07) is 12.0. The zero-order chi connectivity index (χ0) is 24.0. The number of carboxylic acid groups (broad SMARTS) is 1. The normalized spacial score (nSPS) is 11.9. The van der Waals surface area contributed by atoms with Crippen molar-refractivity contribution in [1.82, 2.24) is 4.98 Å². The van der Waals surface area contributed by atoms with E-state index in [-0.39, 0.29) is 6.42 Å². The summed E-state index contributed by atoms with van der Waals surface area (Å²) in [5.41, 5.74) is 5.46. The molecule has 1 atom stereocenters. The lowest BCUT2D eigenvalue weighted by molar-refractivity contribution is -0.149. The van der Waals surface area contributed by atoms with Gasteiger partial charge in [-0.15, -0.1) is 11.3 Å². The van der Waals surface area contributed by atoms with Crippen molar-refractivity contribution in [3.63, 3.8) is 0 Å². The number of carboxylic acids is 1. The molecule has 2 aromatic carbocycles. The molecule has 0 saturated heterocycles. The van der Waals surface area contributed by atoms with Gasteiger partial charge in [-0.2, -0.15) is 0 Å². The van der Waals surface area contributed by atoms with Gasteiger partial charge >= 0.3 is 5.97 Å². The highest BCUT2D eigenvalue weighted by molar-refractivity contribution is 7.15. The predicted molar refractivity (Wildman–Crippen MR) is 131 cm³/mol. The number of aromatic nitrogens is 1. The molecule has 1 N–H and O–H groups in total. The monoisotopic (exact) mass is 469 g/mol. The Morgan fingerprint density at radius 2 is 1.82 bits per heavy atom. The molecule has 0 aliphatic rings. The quantitative estimate of drug-likeness (QED) is 0.405. The van der Waals surface area contributed by atoms with Crippen molar-refractivity contribution in [1.29, 1.82) is 0 Å². The molecule has 1 heterocycles. The summed E-state index contributed by atoms with van der Waals surface area (Å²) in [7, 11) is 1.57. The van der Waals surface area contributed by atoms with Crippen molar-refractivity contribution >= 4 is 17.3 Å². The van der Waals surface area contributed by atoms with Crippen LogP contribution in [0, 0.1) is 20.8 Å². The van der Waals surface area contributed by atoms with Crippen molar-refractivity contribution in [3.8, 4) is 22.1 Å². The first-order chi connectivity index (χ1) is 15.8. The van der Waals surface area contributed by atoms with Gasteiger partial charge in [-0.25, -0.2) is 9.78 Å². The molecule has 7 heteroatoms. The molecule has 0 aliphatic carbocycles. The van der Waals surface area contributed by atoms with Crippen LogP contribution in [0.15, 0.2) is 36.4 Å². The maximum absolute atomic E-state index is 11.4. The van der Waals surface area contributed by atoms with E-state index in [1.54, 1.807) is 31.4 Å². The number of nitrogens with zero attached hydrogens (tertiary/aromatic N) is 1. The molecule has 3 rings (SSSR count). The lowest BCUT2D eigenvalue weighted by atomic mass is 10.1. The summed E-state index contributed by atoms with van der Waals surface area (Å²) >= 11 is 1.70. The lowest BCUT2D eigenvalue weighted by Crippen LogP contribution is -2.26. The molecule has 0 saturated carbocycles. The van der Waals surface area contributed by atoms with E-state index in [1.807, 2.05) is 12.1 Å². The van der Waals surface area contributed by atoms with E-state index in [1.165, 1.54) is 16.0 Å². The summed E-state index contributed by atoms with van der Waals surface area (Å²) in [5, 5.41) is 10.3. The van der Waals surface area contributed by atoms with Crippen LogP contribution in [0.2, 0.25) is 0 Å². The van der Waals surface area contributed by atoms with Crippen molar-refractivity contribution in [3.05, 3.63) is 63.7 Å². The van der Waals surface area contributed by atoms with Gasteiger partial charge in [0.15, 0.2) is 17.6 Å². The molecular weight excluding hydrogens is 438 g/mol. The highest BCUT2D eigenvalue weighted by Crippen LogP contribution is 2.31. The molecule has 0 amide bonds. The van der Waals surface area contributed by atoms with Crippen LogP contribution < -0.4 is 9.47 Å². The van der Waals surface area contributed by atoms with Gasteiger partial charge in [-0.05, 0) is 57.5 Å². The molecule has 0 radical (unpaired) electrons. The van der Waals surface area contributed by atoms with E-state index in [2.05, 4.69) is 39.0 Å². The average molecular weight is 470 g/mol. The zero-order valence-electron chi connectivity index (χ0n) is 19.8. The number of hydrogen-bond donors (Lipinski definition) is 1. The fraction of sp³-hybridized carbons (Fsp3) is 0.385.